The molecular weight excluding hydrogens is 419 g/mol. The fourth-order valence-electron chi connectivity index (χ4n) is 1.50. The molecule has 0 aromatic heterocycles. The molecule has 0 amide bonds. The first kappa shape index (κ1) is 21.4. The number of nitrogens with zero attached hydrogens (tertiary/aromatic N) is 2. The van der Waals surface area contributed by atoms with Crippen LogP contribution in [0.25, 0.3) is 0 Å². The summed E-state index contributed by atoms with van der Waals surface area (Å²) in [6.45, 7) is 0. The van der Waals surface area contributed by atoms with Crippen LogP contribution < -0.4 is 0 Å². The molecule has 10 nitrogen and oxygen atoms in total. The van der Waals surface area contributed by atoms with Crippen molar-refractivity contribution in [3.8, 4) is 0 Å². The average Bonchev–Trinajstić information content (AvgIpc) is 2.54. The average molecular weight is 427 g/mol. The summed E-state index contributed by atoms with van der Waals surface area (Å²) in [5.74, 6) is 0. The molecule has 0 aliphatic rings. The Labute approximate surface area is 150 Å². The van der Waals surface area contributed by atoms with Crippen LogP contribution in [0.15, 0.2) is 58.3 Å². The molecule has 140 valence electrons. The third-order valence-electron chi connectivity index (χ3n) is 2.62. The van der Waals surface area contributed by atoms with Crippen molar-refractivity contribution >= 4 is 41.3 Å². The number of hydrogen-bond acceptors (Lipinski definition) is 8. The van der Waals surface area contributed by atoms with Gasteiger partial charge >= 0.3 is 10.2 Å². The fourth-order valence-corrected chi connectivity index (χ4v) is 2.79. The van der Waals surface area contributed by atoms with Crippen LogP contribution in [-0.2, 0) is 19.3 Å². The second-order valence-electron chi connectivity index (χ2n) is 4.38. The van der Waals surface area contributed by atoms with Gasteiger partial charge in [0.05, 0.1) is 14.7 Å². The van der Waals surface area contributed by atoms with Crippen LogP contribution >= 0.6 is 10.7 Å². The highest BCUT2D eigenvalue weighted by molar-refractivity contribution is 8.13. The number of non-ortho nitro benzene ring substituents is 2. The summed E-state index contributed by atoms with van der Waals surface area (Å²) in [5, 5.41) is 20.4. The Bertz CT molecular complexity index is 971. The van der Waals surface area contributed by atoms with Gasteiger partial charge in [-0.3, -0.25) is 20.2 Å². The molecular formula is C12H8ClFN2O8S2. The predicted molar refractivity (Wildman–Crippen MR) is 87.5 cm³/mol. The van der Waals surface area contributed by atoms with Gasteiger partial charge in [0, 0.05) is 34.9 Å². The Morgan fingerprint density at radius 2 is 1.19 bits per heavy atom. The third-order valence-corrected chi connectivity index (χ3v) is 4.79. The van der Waals surface area contributed by atoms with E-state index in [0.29, 0.717) is 6.07 Å². The second kappa shape index (κ2) is 8.16. The van der Waals surface area contributed by atoms with E-state index in [1.54, 1.807) is 0 Å². The van der Waals surface area contributed by atoms with Crippen molar-refractivity contribution in [1.29, 1.82) is 0 Å². The van der Waals surface area contributed by atoms with Crippen molar-refractivity contribution in [3.05, 3.63) is 68.8 Å². The van der Waals surface area contributed by atoms with E-state index in [0.717, 1.165) is 24.3 Å². The molecule has 26 heavy (non-hydrogen) atoms. The van der Waals surface area contributed by atoms with E-state index in [1.807, 2.05) is 0 Å². The molecule has 0 unspecified atom stereocenters. The van der Waals surface area contributed by atoms with Crippen LogP contribution in [0.5, 0.6) is 0 Å². The molecule has 0 aliphatic heterocycles. The summed E-state index contributed by atoms with van der Waals surface area (Å²) in [4.78, 5) is 17.9. The Morgan fingerprint density at radius 3 is 1.54 bits per heavy atom. The Balaban J connectivity index is 0.000000260. The number of rotatable bonds is 4. The number of nitro groups is 2. The standard InChI is InChI=1S/C6H4ClNO4S.C6H4FNO4S/c2*7-13(11,12)6-3-1-2-5(4-6)8(9)10/h2*1-4H. The molecule has 0 saturated carbocycles. The SMILES string of the molecule is O=[N+]([O-])c1cccc(S(=O)(=O)Cl)c1.O=[N+]([O-])c1cccc(S(=O)(=O)F)c1. The third kappa shape index (κ3) is 6.34. The minimum absolute atomic E-state index is 0.275. The number of benzene rings is 2. The van der Waals surface area contributed by atoms with Crippen LogP contribution in [0.3, 0.4) is 0 Å². The van der Waals surface area contributed by atoms with E-state index >= 15 is 0 Å². The maximum absolute atomic E-state index is 12.3. The largest absolute Gasteiger partial charge is 0.332 e. The van der Waals surface area contributed by atoms with Crippen molar-refractivity contribution in [2.24, 2.45) is 0 Å². The van der Waals surface area contributed by atoms with Crippen molar-refractivity contribution in [2.45, 2.75) is 9.79 Å². The summed E-state index contributed by atoms with van der Waals surface area (Å²) in [6.07, 6.45) is 0. The number of halogens is 2. The molecule has 2 aromatic rings. The lowest BCUT2D eigenvalue weighted by Gasteiger charge is -1.94. The molecule has 0 fully saturated rings. The Hall–Kier alpha value is -2.64. The lowest BCUT2D eigenvalue weighted by Crippen LogP contribution is -1.94. The molecule has 0 aliphatic carbocycles. The summed E-state index contributed by atoms with van der Waals surface area (Å²) in [5.41, 5.74) is -0.763. The highest BCUT2D eigenvalue weighted by atomic mass is 35.7. The maximum Gasteiger partial charge on any atom is 0.332 e. The molecule has 0 atom stereocenters. The van der Waals surface area contributed by atoms with Crippen molar-refractivity contribution in [1.82, 2.24) is 0 Å². The van der Waals surface area contributed by atoms with E-state index < -0.39 is 39.7 Å². The first-order valence-electron chi connectivity index (χ1n) is 6.20. The molecule has 0 heterocycles. The van der Waals surface area contributed by atoms with Crippen molar-refractivity contribution in [3.63, 3.8) is 0 Å². The van der Waals surface area contributed by atoms with Crippen LogP contribution in [0, 0.1) is 20.2 Å². The molecule has 0 bridgehead atoms. The normalized spacial score (nSPS) is 11.2. The Morgan fingerprint density at radius 1 is 0.808 bits per heavy atom. The first-order valence-corrected chi connectivity index (χ1v) is 9.90. The second-order valence-corrected chi connectivity index (χ2v) is 8.30. The van der Waals surface area contributed by atoms with Gasteiger partial charge < -0.3 is 0 Å². The van der Waals surface area contributed by atoms with Crippen molar-refractivity contribution in [2.75, 3.05) is 0 Å². The molecule has 0 N–H and O–H groups in total. The predicted octanol–water partition coefficient (Wildman–Crippen LogP) is 2.78. The topological polar surface area (TPSA) is 155 Å². The molecule has 2 rings (SSSR count). The Kier molecular flexibility index (Phi) is 6.72. The molecule has 0 radical (unpaired) electrons. The lowest BCUT2D eigenvalue weighted by atomic mass is 10.3. The van der Waals surface area contributed by atoms with Gasteiger partial charge in [-0.15, -0.1) is 3.89 Å². The zero-order valence-electron chi connectivity index (χ0n) is 12.4. The van der Waals surface area contributed by atoms with Crippen LogP contribution in [0.4, 0.5) is 15.3 Å². The minimum atomic E-state index is -4.86. The van der Waals surface area contributed by atoms with Gasteiger partial charge in [0.2, 0.25) is 0 Å². The van der Waals surface area contributed by atoms with Crippen LogP contribution in [0.2, 0.25) is 0 Å². The highest BCUT2D eigenvalue weighted by Gasteiger charge is 2.16. The molecule has 2 aromatic carbocycles. The van der Waals surface area contributed by atoms with Gasteiger partial charge in [0.15, 0.2) is 0 Å². The van der Waals surface area contributed by atoms with Gasteiger partial charge in [-0.05, 0) is 12.1 Å². The summed E-state index contributed by atoms with van der Waals surface area (Å²) >= 11 is 0. The van der Waals surface area contributed by atoms with E-state index in [-0.39, 0.29) is 10.6 Å². The van der Waals surface area contributed by atoms with Gasteiger partial charge in [-0.1, -0.05) is 12.1 Å². The van der Waals surface area contributed by atoms with E-state index in [1.165, 1.54) is 18.2 Å². The smallest absolute Gasteiger partial charge is 0.258 e. The summed E-state index contributed by atoms with van der Waals surface area (Å²) in [6, 6.07) is 8.33. The monoisotopic (exact) mass is 426 g/mol. The molecule has 0 spiro atoms. The molecule has 14 heteroatoms. The van der Waals surface area contributed by atoms with Crippen LogP contribution in [-0.4, -0.2) is 26.7 Å². The van der Waals surface area contributed by atoms with E-state index in [2.05, 4.69) is 0 Å². The zero-order valence-corrected chi connectivity index (χ0v) is 14.7. The maximum atomic E-state index is 12.3. The van der Waals surface area contributed by atoms with Gasteiger partial charge in [0.25, 0.3) is 20.4 Å². The minimum Gasteiger partial charge on any atom is -0.258 e. The number of nitro benzene ring substituents is 2. The van der Waals surface area contributed by atoms with Gasteiger partial charge in [-0.2, -0.15) is 8.42 Å². The van der Waals surface area contributed by atoms with Gasteiger partial charge in [0.1, 0.15) is 4.90 Å². The summed E-state index contributed by atoms with van der Waals surface area (Å²) < 4.78 is 54.5. The van der Waals surface area contributed by atoms with E-state index in [4.69, 9.17) is 10.7 Å². The quantitative estimate of drug-likeness (QED) is 0.410. The lowest BCUT2D eigenvalue weighted by molar-refractivity contribution is -0.385. The molecule has 0 saturated heterocycles. The summed E-state index contributed by atoms with van der Waals surface area (Å²) in [7, 11) is -3.77. The number of hydrogen-bond donors (Lipinski definition) is 0. The fraction of sp³-hybridized carbons (Fsp3) is 0. The first-order chi connectivity index (χ1) is 11.8. The van der Waals surface area contributed by atoms with Crippen LogP contribution in [0.1, 0.15) is 0 Å². The van der Waals surface area contributed by atoms with Gasteiger partial charge in [-0.25, -0.2) is 8.42 Å². The highest BCUT2D eigenvalue weighted by Crippen LogP contribution is 2.20. The zero-order chi connectivity index (χ0) is 20.1. The van der Waals surface area contributed by atoms with E-state index in [9.17, 15) is 40.9 Å². The van der Waals surface area contributed by atoms with Crippen molar-refractivity contribution < 1.29 is 30.6 Å².